The molecule has 1 aliphatic rings. The van der Waals surface area contributed by atoms with Gasteiger partial charge < -0.3 is 15.0 Å². The number of hydrogen-bond donors (Lipinski definition) is 1. The van der Waals surface area contributed by atoms with Gasteiger partial charge >= 0.3 is 0 Å². The number of rotatable bonds is 8. The summed E-state index contributed by atoms with van der Waals surface area (Å²) in [7, 11) is 0. The highest BCUT2D eigenvalue weighted by Gasteiger charge is 2.32. The maximum Gasteiger partial charge on any atom is 0.249 e. The lowest BCUT2D eigenvalue weighted by molar-refractivity contribution is -0.129. The van der Waals surface area contributed by atoms with E-state index in [2.05, 4.69) is 5.32 Å². The predicted octanol–water partition coefficient (Wildman–Crippen LogP) is 5.28. The van der Waals surface area contributed by atoms with Crippen molar-refractivity contribution in [3.8, 4) is 5.75 Å². The Balaban J connectivity index is 1.62. The molecule has 2 atom stereocenters. The second-order valence-electron chi connectivity index (χ2n) is 8.88. The minimum absolute atomic E-state index is 0.0710. The summed E-state index contributed by atoms with van der Waals surface area (Å²) in [5.74, 6) is 0.437. The van der Waals surface area contributed by atoms with E-state index in [1.165, 1.54) is 0 Å². The summed E-state index contributed by atoms with van der Waals surface area (Å²) in [6.45, 7) is 4.77. The molecule has 5 nitrogen and oxygen atoms in total. The normalized spacial score (nSPS) is 16.4. The molecular weight excluding hydrogens is 424 g/mol. The zero-order valence-electron chi connectivity index (χ0n) is 19.9. The van der Waals surface area contributed by atoms with Crippen molar-refractivity contribution in [2.24, 2.45) is 5.92 Å². The molecule has 0 saturated heterocycles. The molecule has 0 aliphatic carbocycles. The van der Waals surface area contributed by atoms with Gasteiger partial charge in [0.05, 0.1) is 12.2 Å². The lowest BCUT2D eigenvalue weighted by Crippen LogP contribution is -2.49. The van der Waals surface area contributed by atoms with Crippen LogP contribution >= 0.6 is 0 Å². The van der Waals surface area contributed by atoms with Gasteiger partial charge in [0.15, 0.2) is 0 Å². The molecule has 1 heterocycles. The quantitative estimate of drug-likeness (QED) is 0.502. The van der Waals surface area contributed by atoms with Crippen LogP contribution in [-0.2, 0) is 29.2 Å². The molecule has 2 amide bonds. The van der Waals surface area contributed by atoms with Crippen LogP contribution in [0.5, 0.6) is 5.75 Å². The Bertz CT molecular complexity index is 1110. The monoisotopic (exact) mass is 456 g/mol. The molecule has 0 aromatic heterocycles. The highest BCUT2D eigenvalue weighted by molar-refractivity contribution is 6.00. The van der Waals surface area contributed by atoms with E-state index in [0.717, 1.165) is 34.5 Å². The number of ether oxygens (including phenoxy) is 1. The molecule has 0 fully saturated rings. The van der Waals surface area contributed by atoms with Gasteiger partial charge in [-0.05, 0) is 42.0 Å². The molecule has 1 N–H and O–H groups in total. The van der Waals surface area contributed by atoms with E-state index in [1.807, 2.05) is 92.7 Å². The van der Waals surface area contributed by atoms with Gasteiger partial charge in [0.2, 0.25) is 11.8 Å². The second kappa shape index (κ2) is 11.0. The number of amides is 2. The third kappa shape index (κ3) is 5.66. The molecule has 3 aromatic rings. The zero-order valence-corrected chi connectivity index (χ0v) is 19.9. The molecule has 0 spiro atoms. The first-order valence-electron chi connectivity index (χ1n) is 12.0. The summed E-state index contributed by atoms with van der Waals surface area (Å²) in [5.41, 5.74) is 4.05. The Labute approximate surface area is 201 Å². The first kappa shape index (κ1) is 23.6. The smallest absolute Gasteiger partial charge is 0.249 e. The number of hydrogen-bond acceptors (Lipinski definition) is 3. The predicted molar refractivity (Wildman–Crippen MR) is 135 cm³/mol. The Morgan fingerprint density at radius 3 is 2.38 bits per heavy atom. The lowest BCUT2D eigenvalue weighted by Gasteiger charge is -2.27. The molecule has 4 rings (SSSR count). The molecule has 1 aliphatic heterocycles. The molecule has 0 saturated carbocycles. The molecule has 3 aromatic carbocycles. The Kier molecular flexibility index (Phi) is 7.63. The Morgan fingerprint density at radius 2 is 1.71 bits per heavy atom. The van der Waals surface area contributed by atoms with Crippen molar-refractivity contribution in [3.05, 3.63) is 95.6 Å². The van der Waals surface area contributed by atoms with Crippen molar-refractivity contribution < 1.29 is 14.3 Å². The summed E-state index contributed by atoms with van der Waals surface area (Å²) in [4.78, 5) is 28.1. The van der Waals surface area contributed by atoms with Crippen molar-refractivity contribution >= 4 is 17.5 Å². The van der Waals surface area contributed by atoms with Crippen LogP contribution < -0.4 is 15.0 Å². The number of nitrogens with zero attached hydrogens (tertiary/aromatic N) is 1. The number of nitrogens with one attached hydrogen (secondary N) is 1. The van der Waals surface area contributed by atoms with E-state index >= 15 is 0 Å². The number of aryl methyl sites for hydroxylation is 1. The van der Waals surface area contributed by atoms with Crippen molar-refractivity contribution in [3.63, 3.8) is 0 Å². The third-order valence-corrected chi connectivity index (χ3v) is 6.42. The van der Waals surface area contributed by atoms with Crippen molar-refractivity contribution in [1.82, 2.24) is 5.32 Å². The van der Waals surface area contributed by atoms with Gasteiger partial charge in [0.25, 0.3) is 0 Å². The average molecular weight is 457 g/mol. The number of carbonyl (C=O) groups is 2. The highest BCUT2D eigenvalue weighted by Crippen LogP contribution is 2.32. The third-order valence-electron chi connectivity index (χ3n) is 6.42. The van der Waals surface area contributed by atoms with Crippen LogP contribution in [0.15, 0.2) is 78.9 Å². The molecule has 0 bridgehead atoms. The maximum atomic E-state index is 13.7. The summed E-state index contributed by atoms with van der Waals surface area (Å²) in [6, 6.07) is 25.4. The van der Waals surface area contributed by atoms with Gasteiger partial charge in [0.1, 0.15) is 18.4 Å². The SMILES string of the molecule is CC[C@@H](C)C(=O)N[C@H]1CCc2ccc(OCc3ccccc3)cc2N(Cc2ccccc2)C1=O. The van der Waals surface area contributed by atoms with Crippen LogP contribution in [-0.4, -0.2) is 17.9 Å². The summed E-state index contributed by atoms with van der Waals surface area (Å²) < 4.78 is 6.06. The van der Waals surface area contributed by atoms with Crippen molar-refractivity contribution in [1.29, 1.82) is 0 Å². The van der Waals surface area contributed by atoms with Crippen LogP contribution in [0.1, 0.15) is 43.4 Å². The largest absolute Gasteiger partial charge is 0.489 e. The van der Waals surface area contributed by atoms with E-state index in [4.69, 9.17) is 4.74 Å². The number of fused-ring (bicyclic) bond motifs is 1. The van der Waals surface area contributed by atoms with Crippen molar-refractivity contribution in [2.45, 2.75) is 52.3 Å². The number of carbonyl (C=O) groups excluding carboxylic acids is 2. The van der Waals surface area contributed by atoms with Gasteiger partial charge in [-0.25, -0.2) is 0 Å². The summed E-state index contributed by atoms with van der Waals surface area (Å²) >= 11 is 0. The van der Waals surface area contributed by atoms with Gasteiger partial charge in [0, 0.05) is 12.0 Å². The van der Waals surface area contributed by atoms with Gasteiger partial charge in [-0.3, -0.25) is 9.59 Å². The van der Waals surface area contributed by atoms with Crippen LogP contribution in [0.4, 0.5) is 5.69 Å². The second-order valence-corrected chi connectivity index (χ2v) is 8.88. The van der Waals surface area contributed by atoms with E-state index < -0.39 is 6.04 Å². The molecule has 34 heavy (non-hydrogen) atoms. The lowest BCUT2D eigenvalue weighted by atomic mass is 10.0. The highest BCUT2D eigenvalue weighted by atomic mass is 16.5. The van der Waals surface area contributed by atoms with Gasteiger partial charge in [-0.15, -0.1) is 0 Å². The van der Waals surface area contributed by atoms with Gasteiger partial charge in [-0.2, -0.15) is 0 Å². The van der Waals surface area contributed by atoms with E-state index in [1.54, 1.807) is 4.90 Å². The fraction of sp³-hybridized carbons (Fsp3) is 0.310. The summed E-state index contributed by atoms with van der Waals surface area (Å²) in [5, 5.41) is 3.01. The molecule has 0 radical (unpaired) electrons. The minimum Gasteiger partial charge on any atom is -0.489 e. The molecule has 0 unspecified atom stereocenters. The Morgan fingerprint density at radius 1 is 1.03 bits per heavy atom. The van der Waals surface area contributed by atoms with Crippen LogP contribution in [0.25, 0.3) is 0 Å². The maximum absolute atomic E-state index is 13.7. The van der Waals surface area contributed by atoms with Crippen LogP contribution in [0.2, 0.25) is 0 Å². The fourth-order valence-corrected chi connectivity index (χ4v) is 4.13. The van der Waals surface area contributed by atoms with E-state index in [0.29, 0.717) is 26.0 Å². The van der Waals surface area contributed by atoms with E-state index in [-0.39, 0.29) is 17.7 Å². The zero-order chi connectivity index (χ0) is 23.9. The molecule has 5 heteroatoms. The Hall–Kier alpha value is -3.60. The number of anilines is 1. The standard InChI is InChI=1S/C29H32N2O3/c1-3-21(2)28(32)30-26-17-15-24-14-16-25(34-20-23-12-8-5-9-13-23)18-27(24)31(29(26)33)19-22-10-6-4-7-11-22/h4-14,16,18,21,26H,3,15,17,19-20H2,1-2H3,(H,30,32)/t21-,26+/m1/s1. The fourth-order valence-electron chi connectivity index (χ4n) is 4.13. The first-order chi connectivity index (χ1) is 16.5. The van der Waals surface area contributed by atoms with E-state index in [9.17, 15) is 9.59 Å². The van der Waals surface area contributed by atoms with Gasteiger partial charge in [-0.1, -0.05) is 80.6 Å². The molecule has 176 valence electrons. The minimum atomic E-state index is -0.550. The number of benzene rings is 3. The topological polar surface area (TPSA) is 58.6 Å². The average Bonchev–Trinajstić information content (AvgIpc) is 3.00. The first-order valence-corrected chi connectivity index (χ1v) is 12.0. The van der Waals surface area contributed by atoms with Crippen LogP contribution in [0, 0.1) is 5.92 Å². The molecular formula is C29H32N2O3. The summed E-state index contributed by atoms with van der Waals surface area (Å²) in [6.07, 6.45) is 2.02. The van der Waals surface area contributed by atoms with Crippen LogP contribution in [0.3, 0.4) is 0 Å². The van der Waals surface area contributed by atoms with Crippen molar-refractivity contribution in [2.75, 3.05) is 4.90 Å².